The second-order valence-corrected chi connectivity index (χ2v) is 4.03. The number of benzene rings is 1. The Labute approximate surface area is 104 Å². The van der Waals surface area contributed by atoms with Crippen molar-refractivity contribution in [3.8, 4) is 5.69 Å². The lowest BCUT2D eigenvalue weighted by atomic mass is 10.1. The minimum absolute atomic E-state index is 0.205. The highest BCUT2D eigenvalue weighted by Gasteiger charge is 2.14. The quantitative estimate of drug-likeness (QED) is 0.729. The van der Waals surface area contributed by atoms with E-state index in [1.54, 1.807) is 18.7 Å². The SMILES string of the molecule is NC(c1ccccc1)c1cncn1-c1cn[nH]c1. The van der Waals surface area contributed by atoms with Gasteiger partial charge in [-0.2, -0.15) is 5.10 Å². The van der Waals surface area contributed by atoms with Crippen molar-refractivity contribution in [3.05, 3.63) is 66.5 Å². The van der Waals surface area contributed by atoms with Gasteiger partial charge in [0.25, 0.3) is 0 Å². The number of H-pyrrole nitrogens is 1. The number of hydrogen-bond acceptors (Lipinski definition) is 3. The summed E-state index contributed by atoms with van der Waals surface area (Å²) >= 11 is 0. The van der Waals surface area contributed by atoms with Gasteiger partial charge < -0.3 is 5.73 Å². The molecule has 2 heterocycles. The molecule has 0 aliphatic carbocycles. The lowest BCUT2D eigenvalue weighted by molar-refractivity contribution is 0.793. The highest BCUT2D eigenvalue weighted by atomic mass is 15.2. The zero-order valence-electron chi connectivity index (χ0n) is 9.69. The Bertz CT molecular complexity index is 612. The average molecular weight is 239 g/mol. The van der Waals surface area contributed by atoms with Gasteiger partial charge in [-0.05, 0) is 5.56 Å². The maximum atomic E-state index is 6.28. The maximum Gasteiger partial charge on any atom is 0.0995 e. The van der Waals surface area contributed by atoms with Crippen LogP contribution >= 0.6 is 0 Å². The highest BCUT2D eigenvalue weighted by molar-refractivity contribution is 5.33. The molecule has 5 heteroatoms. The van der Waals surface area contributed by atoms with Crippen LogP contribution in [-0.2, 0) is 0 Å². The lowest BCUT2D eigenvalue weighted by Gasteiger charge is -2.13. The van der Waals surface area contributed by atoms with Crippen molar-refractivity contribution in [1.29, 1.82) is 0 Å². The van der Waals surface area contributed by atoms with Crippen LogP contribution in [0.25, 0.3) is 5.69 Å². The summed E-state index contributed by atoms with van der Waals surface area (Å²) in [6.45, 7) is 0. The van der Waals surface area contributed by atoms with Crippen LogP contribution in [0.5, 0.6) is 0 Å². The molecule has 3 rings (SSSR count). The second-order valence-electron chi connectivity index (χ2n) is 4.03. The molecule has 0 aliphatic rings. The highest BCUT2D eigenvalue weighted by Crippen LogP contribution is 2.21. The summed E-state index contributed by atoms with van der Waals surface area (Å²) in [6, 6.07) is 9.75. The first-order valence-corrected chi connectivity index (χ1v) is 5.68. The first-order chi connectivity index (χ1) is 8.86. The van der Waals surface area contributed by atoms with E-state index in [1.165, 1.54) is 0 Å². The van der Waals surface area contributed by atoms with Gasteiger partial charge in [-0.1, -0.05) is 30.3 Å². The molecular formula is C13H13N5. The molecule has 0 saturated carbocycles. The number of aromatic nitrogens is 4. The van der Waals surface area contributed by atoms with E-state index in [0.29, 0.717) is 0 Å². The molecule has 2 aromatic heterocycles. The van der Waals surface area contributed by atoms with Gasteiger partial charge in [-0.15, -0.1) is 0 Å². The summed E-state index contributed by atoms with van der Waals surface area (Å²) in [5.74, 6) is 0. The molecule has 1 aromatic carbocycles. The first kappa shape index (κ1) is 10.7. The second kappa shape index (κ2) is 4.46. The van der Waals surface area contributed by atoms with Gasteiger partial charge in [-0.25, -0.2) is 4.98 Å². The Morgan fingerprint density at radius 3 is 2.72 bits per heavy atom. The van der Waals surface area contributed by atoms with E-state index in [1.807, 2.05) is 41.1 Å². The number of imidazole rings is 1. The third kappa shape index (κ3) is 1.80. The topological polar surface area (TPSA) is 72.5 Å². The van der Waals surface area contributed by atoms with Crippen LogP contribution in [0, 0.1) is 0 Å². The Morgan fingerprint density at radius 2 is 2.00 bits per heavy atom. The summed E-state index contributed by atoms with van der Waals surface area (Å²) in [7, 11) is 0. The van der Waals surface area contributed by atoms with Gasteiger partial charge in [-0.3, -0.25) is 9.67 Å². The van der Waals surface area contributed by atoms with Crippen LogP contribution in [0.3, 0.4) is 0 Å². The molecule has 3 N–H and O–H groups in total. The van der Waals surface area contributed by atoms with Gasteiger partial charge in [0.05, 0.1) is 36.1 Å². The fourth-order valence-electron chi connectivity index (χ4n) is 1.96. The molecule has 1 unspecified atom stereocenters. The lowest BCUT2D eigenvalue weighted by Crippen LogP contribution is -2.15. The largest absolute Gasteiger partial charge is 0.319 e. The van der Waals surface area contributed by atoms with E-state index in [0.717, 1.165) is 16.9 Å². The van der Waals surface area contributed by atoms with Crippen molar-refractivity contribution in [1.82, 2.24) is 19.7 Å². The number of aromatic amines is 1. The van der Waals surface area contributed by atoms with E-state index in [2.05, 4.69) is 15.2 Å². The number of rotatable bonds is 3. The zero-order chi connectivity index (χ0) is 12.4. The predicted octanol–water partition coefficient (Wildman–Crippen LogP) is 1.64. The summed E-state index contributed by atoms with van der Waals surface area (Å²) < 4.78 is 1.93. The Hall–Kier alpha value is -2.40. The standard InChI is InChI=1S/C13H13N5/c14-13(10-4-2-1-3-5-10)12-8-15-9-18(12)11-6-16-17-7-11/h1-9,13H,14H2,(H,16,17). The monoisotopic (exact) mass is 239 g/mol. The van der Waals surface area contributed by atoms with E-state index in [-0.39, 0.29) is 6.04 Å². The first-order valence-electron chi connectivity index (χ1n) is 5.68. The van der Waals surface area contributed by atoms with Crippen molar-refractivity contribution in [3.63, 3.8) is 0 Å². The van der Waals surface area contributed by atoms with Crippen LogP contribution in [0.15, 0.2) is 55.2 Å². The fraction of sp³-hybridized carbons (Fsp3) is 0.0769. The molecule has 1 atom stereocenters. The minimum Gasteiger partial charge on any atom is -0.319 e. The number of nitrogens with one attached hydrogen (secondary N) is 1. The van der Waals surface area contributed by atoms with Gasteiger partial charge in [0.2, 0.25) is 0 Å². The molecule has 0 saturated heterocycles. The number of hydrogen-bond donors (Lipinski definition) is 2. The molecule has 90 valence electrons. The summed E-state index contributed by atoms with van der Waals surface area (Å²) in [5, 5.41) is 6.72. The molecule has 0 amide bonds. The third-order valence-corrected chi connectivity index (χ3v) is 2.91. The molecular weight excluding hydrogens is 226 g/mol. The zero-order valence-corrected chi connectivity index (χ0v) is 9.69. The normalized spacial score (nSPS) is 12.5. The average Bonchev–Trinajstić information content (AvgIpc) is 3.09. The minimum atomic E-state index is -0.205. The Kier molecular flexibility index (Phi) is 2.66. The van der Waals surface area contributed by atoms with Crippen LogP contribution in [0.2, 0.25) is 0 Å². The van der Waals surface area contributed by atoms with Crippen LogP contribution < -0.4 is 5.73 Å². The van der Waals surface area contributed by atoms with Gasteiger partial charge in [0, 0.05) is 6.20 Å². The predicted molar refractivity (Wildman–Crippen MR) is 68.2 cm³/mol. The van der Waals surface area contributed by atoms with Gasteiger partial charge >= 0.3 is 0 Å². The summed E-state index contributed by atoms with van der Waals surface area (Å²) in [5.41, 5.74) is 9.19. The van der Waals surface area contributed by atoms with Crippen LogP contribution in [0.4, 0.5) is 0 Å². The number of nitrogens with two attached hydrogens (primary N) is 1. The van der Waals surface area contributed by atoms with Crippen LogP contribution in [0.1, 0.15) is 17.3 Å². The molecule has 3 aromatic rings. The van der Waals surface area contributed by atoms with Gasteiger partial charge in [0.15, 0.2) is 0 Å². The summed E-state index contributed by atoms with van der Waals surface area (Å²) in [6.07, 6.45) is 7.07. The van der Waals surface area contributed by atoms with E-state index < -0.39 is 0 Å². The molecule has 0 spiro atoms. The molecule has 0 bridgehead atoms. The van der Waals surface area contributed by atoms with Crippen molar-refractivity contribution in [2.24, 2.45) is 5.73 Å². The molecule has 0 aliphatic heterocycles. The Morgan fingerprint density at radius 1 is 1.17 bits per heavy atom. The van der Waals surface area contributed by atoms with Crippen molar-refractivity contribution in [2.45, 2.75) is 6.04 Å². The summed E-state index contributed by atoms with van der Waals surface area (Å²) in [4.78, 5) is 4.17. The van der Waals surface area contributed by atoms with Crippen molar-refractivity contribution >= 4 is 0 Å². The smallest absolute Gasteiger partial charge is 0.0995 e. The van der Waals surface area contributed by atoms with E-state index in [4.69, 9.17) is 5.73 Å². The van der Waals surface area contributed by atoms with Crippen LogP contribution in [-0.4, -0.2) is 19.7 Å². The van der Waals surface area contributed by atoms with E-state index in [9.17, 15) is 0 Å². The molecule has 18 heavy (non-hydrogen) atoms. The van der Waals surface area contributed by atoms with Crippen molar-refractivity contribution < 1.29 is 0 Å². The molecule has 0 fully saturated rings. The maximum absolute atomic E-state index is 6.28. The van der Waals surface area contributed by atoms with Gasteiger partial charge in [0.1, 0.15) is 0 Å². The molecule has 5 nitrogen and oxygen atoms in total. The fourth-order valence-corrected chi connectivity index (χ4v) is 1.96. The van der Waals surface area contributed by atoms with Crippen molar-refractivity contribution in [2.75, 3.05) is 0 Å². The third-order valence-electron chi connectivity index (χ3n) is 2.91. The molecule has 0 radical (unpaired) electrons. The van der Waals surface area contributed by atoms with E-state index >= 15 is 0 Å². The number of nitrogens with zero attached hydrogens (tertiary/aromatic N) is 3. The Balaban J connectivity index is 2.01.